The van der Waals surface area contributed by atoms with E-state index in [2.05, 4.69) is 16.2 Å². The lowest BCUT2D eigenvalue weighted by Crippen LogP contribution is -2.41. The predicted molar refractivity (Wildman–Crippen MR) is 117 cm³/mol. The Morgan fingerprint density at radius 2 is 2.03 bits per heavy atom. The van der Waals surface area contributed by atoms with Crippen LogP contribution in [0.3, 0.4) is 0 Å². The van der Waals surface area contributed by atoms with Gasteiger partial charge in [0.05, 0.1) is 23.4 Å². The first-order chi connectivity index (χ1) is 14.5. The van der Waals surface area contributed by atoms with E-state index in [1.54, 1.807) is 42.2 Å². The number of hydrogen-bond acceptors (Lipinski definition) is 4. The summed E-state index contributed by atoms with van der Waals surface area (Å²) in [6.07, 6.45) is 1.80. The zero-order valence-corrected chi connectivity index (χ0v) is 17.5. The number of nitrogens with zero attached hydrogens (tertiary/aromatic N) is 5. The molecule has 0 fully saturated rings. The molecule has 4 rings (SSSR count). The Bertz CT molecular complexity index is 1170. The summed E-state index contributed by atoms with van der Waals surface area (Å²) in [5, 5.41) is 14.6. The number of amides is 1. The average Bonchev–Trinajstić information content (AvgIpc) is 3.19. The third kappa shape index (κ3) is 3.72. The van der Waals surface area contributed by atoms with Crippen LogP contribution >= 0.6 is 11.6 Å². The first-order valence-electron chi connectivity index (χ1n) is 9.60. The number of aliphatic imine (C=N–C) groups is 1. The van der Waals surface area contributed by atoms with E-state index in [1.165, 1.54) is 0 Å². The summed E-state index contributed by atoms with van der Waals surface area (Å²) < 4.78 is 1.75. The smallest absolute Gasteiger partial charge is 0.272 e. The SMILES string of the molecule is CN=Cc1ccc(CN2C[C@H](C)n3nc(-c4ccc(Cl)cc4C#N)cc3C2=O)cc1. The summed E-state index contributed by atoms with van der Waals surface area (Å²) >= 11 is 6.01. The van der Waals surface area contributed by atoms with E-state index in [0.717, 1.165) is 11.1 Å². The molecular formula is C23H20ClN5O. The molecule has 2 aromatic carbocycles. The minimum Gasteiger partial charge on any atom is -0.331 e. The van der Waals surface area contributed by atoms with Crippen LogP contribution in [0.25, 0.3) is 11.3 Å². The van der Waals surface area contributed by atoms with Gasteiger partial charge in [0.1, 0.15) is 5.69 Å². The van der Waals surface area contributed by atoms with Crippen molar-refractivity contribution in [1.29, 1.82) is 5.26 Å². The van der Waals surface area contributed by atoms with Gasteiger partial charge in [-0.2, -0.15) is 10.4 Å². The van der Waals surface area contributed by atoms with Crippen molar-refractivity contribution in [2.75, 3.05) is 13.6 Å². The molecule has 0 N–H and O–H groups in total. The van der Waals surface area contributed by atoms with Crippen LogP contribution in [0, 0.1) is 11.3 Å². The summed E-state index contributed by atoms with van der Waals surface area (Å²) in [6.45, 7) is 3.13. The van der Waals surface area contributed by atoms with Gasteiger partial charge in [0.25, 0.3) is 5.91 Å². The van der Waals surface area contributed by atoms with Crippen molar-refractivity contribution in [3.05, 3.63) is 75.9 Å². The monoisotopic (exact) mass is 417 g/mol. The van der Waals surface area contributed by atoms with Gasteiger partial charge in [0.15, 0.2) is 0 Å². The van der Waals surface area contributed by atoms with Gasteiger partial charge in [-0.15, -0.1) is 0 Å². The molecule has 30 heavy (non-hydrogen) atoms. The van der Waals surface area contributed by atoms with Crippen molar-refractivity contribution in [2.24, 2.45) is 4.99 Å². The van der Waals surface area contributed by atoms with E-state index in [-0.39, 0.29) is 11.9 Å². The molecule has 0 aliphatic carbocycles. The number of aromatic nitrogens is 2. The highest BCUT2D eigenvalue weighted by Crippen LogP contribution is 2.30. The van der Waals surface area contributed by atoms with Crippen molar-refractivity contribution in [3.8, 4) is 17.3 Å². The van der Waals surface area contributed by atoms with Gasteiger partial charge in [-0.25, -0.2) is 0 Å². The van der Waals surface area contributed by atoms with Crippen LogP contribution in [-0.4, -0.2) is 40.4 Å². The Labute approximate surface area is 180 Å². The Hall–Kier alpha value is -3.43. The van der Waals surface area contributed by atoms with Gasteiger partial charge < -0.3 is 4.90 Å². The second-order valence-corrected chi connectivity index (χ2v) is 7.76. The van der Waals surface area contributed by atoms with Gasteiger partial charge in [-0.1, -0.05) is 35.9 Å². The fraction of sp³-hybridized carbons (Fsp3) is 0.217. The molecular weight excluding hydrogens is 398 g/mol. The molecule has 0 saturated heterocycles. The first-order valence-corrected chi connectivity index (χ1v) is 9.98. The summed E-state index contributed by atoms with van der Waals surface area (Å²) in [4.78, 5) is 19.0. The van der Waals surface area contributed by atoms with Crippen molar-refractivity contribution in [2.45, 2.75) is 19.5 Å². The molecule has 1 aliphatic rings. The number of rotatable bonds is 4. The quantitative estimate of drug-likeness (QED) is 0.592. The maximum Gasteiger partial charge on any atom is 0.272 e. The highest BCUT2D eigenvalue weighted by Gasteiger charge is 2.31. The van der Waals surface area contributed by atoms with Crippen LogP contribution in [0.5, 0.6) is 0 Å². The van der Waals surface area contributed by atoms with E-state index < -0.39 is 0 Å². The number of carbonyl (C=O) groups is 1. The molecule has 7 heteroatoms. The van der Waals surface area contributed by atoms with Crippen LogP contribution < -0.4 is 0 Å². The second kappa shape index (κ2) is 8.13. The van der Waals surface area contributed by atoms with Crippen molar-refractivity contribution in [3.63, 3.8) is 0 Å². The number of benzene rings is 2. The molecule has 0 saturated carbocycles. The zero-order chi connectivity index (χ0) is 21.3. The topological polar surface area (TPSA) is 74.3 Å². The van der Waals surface area contributed by atoms with Gasteiger partial charge in [0.2, 0.25) is 0 Å². The van der Waals surface area contributed by atoms with Crippen LogP contribution in [0.15, 0.2) is 53.5 Å². The molecule has 150 valence electrons. The molecule has 0 bridgehead atoms. The molecule has 0 spiro atoms. The molecule has 2 heterocycles. The van der Waals surface area contributed by atoms with E-state index in [9.17, 15) is 10.1 Å². The van der Waals surface area contributed by atoms with Crippen LogP contribution in [0.1, 0.15) is 40.1 Å². The summed E-state index contributed by atoms with van der Waals surface area (Å²) in [5.74, 6) is -0.0708. The molecule has 1 aromatic heterocycles. The molecule has 1 atom stereocenters. The minimum absolute atomic E-state index is 0.0239. The van der Waals surface area contributed by atoms with Crippen molar-refractivity contribution >= 4 is 23.7 Å². The Morgan fingerprint density at radius 3 is 2.73 bits per heavy atom. The normalized spacial score (nSPS) is 16.0. The van der Waals surface area contributed by atoms with E-state index in [0.29, 0.717) is 40.6 Å². The summed E-state index contributed by atoms with van der Waals surface area (Å²) in [5.41, 5.74) is 4.31. The van der Waals surface area contributed by atoms with Gasteiger partial charge in [-0.3, -0.25) is 14.5 Å². The lowest BCUT2D eigenvalue weighted by molar-refractivity contribution is 0.0651. The van der Waals surface area contributed by atoms with Crippen molar-refractivity contribution in [1.82, 2.24) is 14.7 Å². The van der Waals surface area contributed by atoms with Crippen LogP contribution in [0.2, 0.25) is 5.02 Å². The Balaban J connectivity index is 1.62. The maximum absolute atomic E-state index is 13.1. The third-order valence-corrected chi connectivity index (χ3v) is 5.39. The number of halogens is 1. The zero-order valence-electron chi connectivity index (χ0n) is 16.7. The fourth-order valence-electron chi connectivity index (χ4n) is 3.71. The standard InChI is InChI=1S/C23H20ClN5O/c1-15-13-28(14-17-5-3-16(4-6-17)12-26-2)23(30)22-10-21(27-29(15)22)20-8-7-19(24)9-18(20)11-25/h3-10,12,15H,13-14H2,1-2H3/t15-/m0/s1. The van der Waals surface area contributed by atoms with Crippen LogP contribution in [0.4, 0.5) is 0 Å². The van der Waals surface area contributed by atoms with E-state index in [1.807, 2.05) is 36.1 Å². The van der Waals surface area contributed by atoms with E-state index >= 15 is 0 Å². The largest absolute Gasteiger partial charge is 0.331 e. The molecule has 1 aliphatic heterocycles. The number of fused-ring (bicyclic) bond motifs is 1. The minimum atomic E-state index is -0.0708. The number of carbonyl (C=O) groups excluding carboxylic acids is 1. The first kappa shape index (κ1) is 19.9. The summed E-state index contributed by atoms with van der Waals surface area (Å²) in [7, 11) is 1.74. The molecule has 3 aromatic rings. The van der Waals surface area contributed by atoms with Crippen molar-refractivity contribution < 1.29 is 4.79 Å². The maximum atomic E-state index is 13.1. The number of hydrogen-bond donors (Lipinski definition) is 0. The van der Waals surface area contributed by atoms with Gasteiger partial charge >= 0.3 is 0 Å². The Morgan fingerprint density at radius 1 is 1.27 bits per heavy atom. The second-order valence-electron chi connectivity index (χ2n) is 7.32. The highest BCUT2D eigenvalue weighted by molar-refractivity contribution is 6.30. The molecule has 0 unspecified atom stereocenters. The van der Waals surface area contributed by atoms with E-state index in [4.69, 9.17) is 11.6 Å². The summed E-state index contributed by atoms with van der Waals surface area (Å²) in [6, 6.07) is 17.1. The third-order valence-electron chi connectivity index (χ3n) is 5.15. The van der Waals surface area contributed by atoms with Crippen LogP contribution in [-0.2, 0) is 6.54 Å². The lowest BCUT2D eigenvalue weighted by atomic mass is 10.0. The predicted octanol–water partition coefficient (Wildman–Crippen LogP) is 4.34. The molecule has 1 amide bonds. The Kier molecular flexibility index (Phi) is 5.39. The number of nitriles is 1. The molecule has 6 nitrogen and oxygen atoms in total. The average molecular weight is 418 g/mol. The lowest BCUT2D eigenvalue weighted by Gasteiger charge is -2.31. The highest BCUT2D eigenvalue weighted by atomic mass is 35.5. The molecule has 0 radical (unpaired) electrons. The van der Waals surface area contributed by atoms with Gasteiger partial charge in [0, 0.05) is 36.9 Å². The fourth-order valence-corrected chi connectivity index (χ4v) is 3.88. The van der Waals surface area contributed by atoms with Gasteiger partial charge in [-0.05, 0) is 42.3 Å².